The normalized spacial score (nSPS) is 8.06. The Kier molecular flexibility index (Phi) is 8.78. The van der Waals surface area contributed by atoms with Crippen LogP contribution < -0.4 is 10.8 Å². The van der Waals surface area contributed by atoms with Gasteiger partial charge in [0.1, 0.15) is 0 Å². The number of hydrogen-bond donors (Lipinski definition) is 1. The third-order valence-corrected chi connectivity index (χ3v) is 1.67. The minimum absolute atomic E-state index is 0. The zero-order valence-electron chi connectivity index (χ0n) is 8.55. The summed E-state index contributed by atoms with van der Waals surface area (Å²) in [6.07, 6.45) is 0.314. The van der Waals surface area contributed by atoms with Gasteiger partial charge in [-0.25, -0.2) is 0 Å². The first-order chi connectivity index (χ1) is 6.74. The molecule has 5 nitrogen and oxygen atoms in total. The first-order valence-electron chi connectivity index (χ1n) is 4.24. The monoisotopic (exact) mass is 218 g/mol. The van der Waals surface area contributed by atoms with E-state index in [9.17, 15) is 4.79 Å². The van der Waals surface area contributed by atoms with Crippen LogP contribution in [0.25, 0.3) is 0 Å². The predicted molar refractivity (Wildman–Crippen MR) is 58.3 cm³/mol. The number of carbonyl (C=O) groups excluding carboxylic acids is 1. The van der Waals surface area contributed by atoms with Crippen LogP contribution in [0, 0.1) is 11.3 Å². The van der Waals surface area contributed by atoms with Crippen molar-refractivity contribution in [2.75, 3.05) is 6.54 Å². The topological polar surface area (TPSA) is 113 Å². The van der Waals surface area contributed by atoms with E-state index in [0.717, 1.165) is 0 Å². The Labute approximate surface area is 95.1 Å². The molecule has 0 spiro atoms. The zero-order chi connectivity index (χ0) is 10.4. The van der Waals surface area contributed by atoms with Gasteiger partial charge in [0, 0.05) is 0 Å². The van der Waals surface area contributed by atoms with Gasteiger partial charge in [0.15, 0.2) is 0 Å². The molecular formula is C10H11BN2O3. The second kappa shape index (κ2) is 8.47. The largest absolute Gasteiger partial charge is 0.870 e. The average molecular weight is 218 g/mol. The van der Waals surface area contributed by atoms with Crippen LogP contribution in [0.1, 0.15) is 16.8 Å². The molecule has 0 aromatic heterocycles. The van der Waals surface area contributed by atoms with Crippen molar-refractivity contribution in [3.05, 3.63) is 29.8 Å². The molecule has 1 rings (SSSR count). The smallest absolute Gasteiger partial charge is 0.870 e. The van der Waals surface area contributed by atoms with Crippen molar-refractivity contribution in [3.63, 3.8) is 0 Å². The fraction of sp³-hybridized carbons (Fsp3) is 0.200. The van der Waals surface area contributed by atoms with Crippen LogP contribution in [-0.2, 0) is 0 Å². The molecule has 16 heavy (non-hydrogen) atoms. The Bertz CT molecular complexity index is 377. The van der Waals surface area contributed by atoms with Gasteiger partial charge in [0.05, 0.1) is 0 Å². The Morgan fingerprint density at radius 1 is 1.44 bits per heavy atom. The molecule has 0 unspecified atom stereocenters. The number of nitrogens with zero attached hydrogens (tertiary/aromatic N) is 1. The molecule has 1 amide bonds. The second-order valence-electron chi connectivity index (χ2n) is 2.79. The molecule has 0 fully saturated rings. The van der Waals surface area contributed by atoms with Crippen molar-refractivity contribution >= 4 is 19.2 Å². The van der Waals surface area contributed by atoms with Gasteiger partial charge in [-0.3, -0.25) is 0 Å². The molecule has 82 valence electrons. The molecule has 0 saturated heterocycles. The third-order valence-electron chi connectivity index (χ3n) is 1.67. The summed E-state index contributed by atoms with van der Waals surface area (Å²) in [5.74, 6) is -0.201. The van der Waals surface area contributed by atoms with Gasteiger partial charge < -0.3 is 11.0 Å². The van der Waals surface area contributed by atoms with Crippen LogP contribution in [0.4, 0.5) is 0 Å². The minimum atomic E-state index is -0.201. The molecule has 0 heterocycles. The summed E-state index contributed by atoms with van der Waals surface area (Å²) >= 11 is 0. The van der Waals surface area contributed by atoms with Crippen LogP contribution in [-0.4, -0.2) is 31.3 Å². The summed E-state index contributed by atoms with van der Waals surface area (Å²) in [5, 5.41) is 10.9. The maximum absolute atomic E-state index is 11.4. The van der Waals surface area contributed by atoms with E-state index in [2.05, 4.69) is 5.32 Å². The summed E-state index contributed by atoms with van der Waals surface area (Å²) in [7, 11) is 5.52. The predicted octanol–water partition coefficient (Wildman–Crippen LogP) is -0.230. The molecular weight excluding hydrogens is 207 g/mol. The molecule has 0 aliphatic rings. The average Bonchev–Trinajstić information content (AvgIpc) is 2.18. The minimum Gasteiger partial charge on any atom is -0.870 e. The number of hydrogen-bond acceptors (Lipinski definition) is 4. The van der Waals surface area contributed by atoms with Crippen LogP contribution in [0.2, 0.25) is 0 Å². The summed E-state index contributed by atoms with van der Waals surface area (Å²) in [6, 6.07) is 8.66. The maximum atomic E-state index is 11.4. The molecule has 0 aliphatic heterocycles. The van der Waals surface area contributed by atoms with Crippen LogP contribution >= 0.6 is 0 Å². The molecule has 0 atom stereocenters. The van der Waals surface area contributed by atoms with E-state index in [0.29, 0.717) is 24.0 Å². The molecule has 1 aromatic rings. The second-order valence-corrected chi connectivity index (χ2v) is 2.79. The zero-order valence-corrected chi connectivity index (χ0v) is 8.55. The Morgan fingerprint density at radius 3 is 2.69 bits per heavy atom. The molecule has 1 aromatic carbocycles. The van der Waals surface area contributed by atoms with Gasteiger partial charge >= 0.3 is 83.5 Å². The van der Waals surface area contributed by atoms with Gasteiger partial charge in [-0.05, 0) is 0 Å². The van der Waals surface area contributed by atoms with Crippen molar-refractivity contribution < 1.29 is 15.7 Å². The number of nitrogens with one attached hydrogen (secondary N) is 1. The molecule has 6 heteroatoms. The molecule has 0 radical (unpaired) electrons. The number of benzene rings is 1. The Morgan fingerprint density at radius 2 is 2.12 bits per heavy atom. The SMILES string of the molecule is [B+2]c1cccc(C(=O)NCCC#N)c1.[OH-].[OH-]. The molecule has 0 saturated carbocycles. The van der Waals surface area contributed by atoms with Gasteiger partial charge in [-0.2, -0.15) is 0 Å². The number of amides is 1. The molecule has 0 bridgehead atoms. The third kappa shape index (κ3) is 5.15. The number of carbonyl (C=O) groups is 1. The first kappa shape index (κ1) is 16.6. The van der Waals surface area contributed by atoms with Gasteiger partial charge in [0.25, 0.3) is 0 Å². The Balaban J connectivity index is 0. The fourth-order valence-electron chi connectivity index (χ4n) is 1.01. The summed E-state index contributed by atoms with van der Waals surface area (Å²) < 4.78 is 0. The molecule has 3 N–H and O–H groups in total. The number of rotatable bonds is 3. The van der Waals surface area contributed by atoms with Gasteiger partial charge in [0.2, 0.25) is 0 Å². The Hall–Kier alpha value is -1.84. The van der Waals surface area contributed by atoms with E-state index in [1.165, 1.54) is 0 Å². The van der Waals surface area contributed by atoms with Crippen LogP contribution in [0.3, 0.4) is 0 Å². The van der Waals surface area contributed by atoms with Crippen molar-refractivity contribution in [2.24, 2.45) is 0 Å². The standard InChI is InChI=1S/C10H9BN2O.2H2O/c11-9-4-1-3-8(7-9)10(14)13-6-2-5-12;;/h1,3-4,7H,2,6H2,(H,13,14);2*1H2/q+2;;/p-2. The summed E-state index contributed by atoms with van der Waals surface area (Å²) in [4.78, 5) is 11.4. The van der Waals surface area contributed by atoms with Crippen molar-refractivity contribution in [1.29, 1.82) is 5.26 Å². The van der Waals surface area contributed by atoms with E-state index in [-0.39, 0.29) is 16.9 Å². The van der Waals surface area contributed by atoms with Gasteiger partial charge in [-0.1, -0.05) is 0 Å². The quantitative estimate of drug-likeness (QED) is 0.557. The summed E-state index contributed by atoms with van der Waals surface area (Å²) in [5.41, 5.74) is 1.07. The van der Waals surface area contributed by atoms with Crippen LogP contribution in [0.15, 0.2) is 24.3 Å². The van der Waals surface area contributed by atoms with E-state index in [1.807, 2.05) is 6.07 Å². The number of nitriles is 1. The fourth-order valence-corrected chi connectivity index (χ4v) is 1.01. The first-order valence-corrected chi connectivity index (χ1v) is 4.24. The van der Waals surface area contributed by atoms with Gasteiger partial charge in [-0.15, -0.1) is 0 Å². The van der Waals surface area contributed by atoms with E-state index < -0.39 is 0 Å². The van der Waals surface area contributed by atoms with Crippen molar-refractivity contribution in [3.8, 4) is 6.07 Å². The van der Waals surface area contributed by atoms with Crippen molar-refractivity contribution in [1.82, 2.24) is 5.32 Å². The maximum Gasteiger partial charge on any atom is -0.870 e. The summed E-state index contributed by atoms with van der Waals surface area (Å²) in [6.45, 7) is 0.365. The van der Waals surface area contributed by atoms with E-state index in [4.69, 9.17) is 13.1 Å². The molecule has 0 aliphatic carbocycles. The van der Waals surface area contributed by atoms with Crippen LogP contribution in [0.5, 0.6) is 0 Å². The van der Waals surface area contributed by atoms with E-state index >= 15 is 0 Å². The van der Waals surface area contributed by atoms with E-state index in [1.54, 1.807) is 24.3 Å². The van der Waals surface area contributed by atoms with Crippen molar-refractivity contribution in [2.45, 2.75) is 6.42 Å².